The largest absolute Gasteiger partial charge is 0.508 e. The lowest BCUT2D eigenvalue weighted by Gasteiger charge is -2.15. The highest BCUT2D eigenvalue weighted by atomic mass is 32.2. The number of thioether (sulfide) groups is 1. The fourth-order valence-electron chi connectivity index (χ4n) is 1.44. The molecule has 1 atom stereocenters. The van der Waals surface area contributed by atoms with Crippen LogP contribution in [0.25, 0.3) is 0 Å². The second kappa shape index (κ2) is 6.29. The Morgan fingerprint density at radius 3 is 2.61 bits per heavy atom. The van der Waals surface area contributed by atoms with Gasteiger partial charge in [-0.05, 0) is 24.8 Å². The molecule has 0 radical (unpaired) electrons. The summed E-state index contributed by atoms with van der Waals surface area (Å²) in [6, 6.07) is 3.22. The third-order valence-electron chi connectivity index (χ3n) is 2.28. The molecule has 102 valence electrons. The Morgan fingerprint density at radius 1 is 1.39 bits per heavy atom. The first-order chi connectivity index (χ1) is 8.29. The molecule has 1 rings (SSSR count). The van der Waals surface area contributed by atoms with E-state index in [1.54, 1.807) is 6.92 Å². The number of alkyl halides is 3. The number of aromatic hydroxyl groups is 1. The average molecular weight is 283 g/mol. The fourth-order valence-corrected chi connectivity index (χ4v) is 1.89. The molecule has 0 aliphatic carbocycles. The van der Waals surface area contributed by atoms with E-state index in [1.807, 2.05) is 0 Å². The van der Waals surface area contributed by atoms with Crippen molar-refractivity contribution >= 4 is 11.8 Å². The fraction of sp³-hybridized carbons (Fsp3) is 0.455. The molecule has 0 aromatic heterocycles. The first-order valence-electron chi connectivity index (χ1n) is 5.22. The Balaban J connectivity index is 2.43. The van der Waals surface area contributed by atoms with Gasteiger partial charge >= 0.3 is 5.51 Å². The molecule has 0 aliphatic rings. The first-order valence-corrected chi connectivity index (χ1v) is 6.20. The van der Waals surface area contributed by atoms with Gasteiger partial charge in [0.2, 0.25) is 0 Å². The zero-order valence-electron chi connectivity index (χ0n) is 9.59. The van der Waals surface area contributed by atoms with Crippen molar-refractivity contribution in [3.05, 3.63) is 29.6 Å². The summed E-state index contributed by atoms with van der Waals surface area (Å²) < 4.78 is 48.3. The summed E-state index contributed by atoms with van der Waals surface area (Å²) in [7, 11) is 0. The normalized spacial score (nSPS) is 13.6. The van der Waals surface area contributed by atoms with Crippen LogP contribution in [0.15, 0.2) is 18.2 Å². The molecule has 18 heavy (non-hydrogen) atoms. The Labute approximate surface area is 106 Å². The molecule has 0 saturated carbocycles. The molecular weight excluding hydrogens is 270 g/mol. The van der Waals surface area contributed by atoms with Crippen LogP contribution in [0.2, 0.25) is 0 Å². The molecule has 0 heterocycles. The van der Waals surface area contributed by atoms with Crippen LogP contribution >= 0.6 is 11.8 Å². The zero-order valence-corrected chi connectivity index (χ0v) is 10.4. The van der Waals surface area contributed by atoms with Gasteiger partial charge in [-0.1, -0.05) is 6.07 Å². The monoisotopic (exact) mass is 283 g/mol. The van der Waals surface area contributed by atoms with Crippen molar-refractivity contribution in [1.29, 1.82) is 0 Å². The third kappa shape index (κ3) is 5.14. The maximum Gasteiger partial charge on any atom is 0.441 e. The quantitative estimate of drug-likeness (QED) is 0.641. The van der Waals surface area contributed by atoms with Crippen LogP contribution in [-0.2, 0) is 0 Å². The van der Waals surface area contributed by atoms with E-state index in [-0.39, 0.29) is 35.9 Å². The van der Waals surface area contributed by atoms with Crippen molar-refractivity contribution < 1.29 is 22.7 Å². The Bertz CT molecular complexity index is 397. The number of nitrogens with one attached hydrogen (secondary N) is 1. The molecule has 0 spiro atoms. The van der Waals surface area contributed by atoms with Crippen LogP contribution in [0, 0.1) is 5.82 Å². The number of hydrogen-bond donors (Lipinski definition) is 2. The molecule has 0 amide bonds. The van der Waals surface area contributed by atoms with Crippen LogP contribution in [-0.4, -0.2) is 22.9 Å². The first kappa shape index (κ1) is 15.1. The SMILES string of the molecule is CC(NCCSC(F)(F)F)c1ccc(F)cc1O. The number of halogens is 4. The lowest BCUT2D eigenvalue weighted by atomic mass is 10.1. The van der Waals surface area contributed by atoms with E-state index in [9.17, 15) is 22.7 Å². The summed E-state index contributed by atoms with van der Waals surface area (Å²) in [5.74, 6) is -0.884. The van der Waals surface area contributed by atoms with E-state index in [2.05, 4.69) is 5.32 Å². The number of phenolic OH excluding ortho intramolecular Hbond substituents is 1. The Kier molecular flexibility index (Phi) is 5.28. The second-order valence-corrected chi connectivity index (χ2v) is 4.83. The van der Waals surface area contributed by atoms with Gasteiger partial charge in [0.05, 0.1) is 0 Å². The Hall–Kier alpha value is -0.950. The Morgan fingerprint density at radius 2 is 2.06 bits per heavy atom. The van der Waals surface area contributed by atoms with Gasteiger partial charge in [-0.15, -0.1) is 0 Å². The topological polar surface area (TPSA) is 32.3 Å². The van der Waals surface area contributed by atoms with Gasteiger partial charge in [-0.3, -0.25) is 0 Å². The second-order valence-electron chi connectivity index (χ2n) is 3.67. The molecule has 1 aromatic rings. The summed E-state index contributed by atoms with van der Waals surface area (Å²) in [6.07, 6.45) is 0. The van der Waals surface area contributed by atoms with E-state index in [4.69, 9.17) is 0 Å². The lowest BCUT2D eigenvalue weighted by molar-refractivity contribution is -0.0327. The molecule has 2 nitrogen and oxygen atoms in total. The van der Waals surface area contributed by atoms with Crippen LogP contribution in [0.3, 0.4) is 0 Å². The van der Waals surface area contributed by atoms with E-state index in [1.165, 1.54) is 12.1 Å². The van der Waals surface area contributed by atoms with Crippen molar-refractivity contribution in [3.63, 3.8) is 0 Å². The van der Waals surface area contributed by atoms with E-state index < -0.39 is 11.3 Å². The third-order valence-corrected chi connectivity index (χ3v) is 3.01. The summed E-state index contributed by atoms with van der Waals surface area (Å²) in [4.78, 5) is 0. The minimum absolute atomic E-state index is 0.108. The maximum absolute atomic E-state index is 12.7. The van der Waals surface area contributed by atoms with Crippen molar-refractivity contribution in [2.75, 3.05) is 12.3 Å². The van der Waals surface area contributed by atoms with Gasteiger partial charge in [0.15, 0.2) is 0 Å². The molecule has 0 fully saturated rings. The molecule has 0 saturated heterocycles. The van der Waals surface area contributed by atoms with Gasteiger partial charge < -0.3 is 10.4 Å². The minimum Gasteiger partial charge on any atom is -0.508 e. The number of phenols is 1. The van der Waals surface area contributed by atoms with E-state index in [0.29, 0.717) is 5.56 Å². The molecular formula is C11H13F4NOS. The number of benzene rings is 1. The molecule has 1 aromatic carbocycles. The molecule has 1 unspecified atom stereocenters. The van der Waals surface area contributed by atoms with E-state index >= 15 is 0 Å². The average Bonchev–Trinajstić information content (AvgIpc) is 2.22. The van der Waals surface area contributed by atoms with Crippen molar-refractivity contribution in [3.8, 4) is 5.75 Å². The van der Waals surface area contributed by atoms with Crippen molar-refractivity contribution in [2.24, 2.45) is 0 Å². The lowest BCUT2D eigenvalue weighted by Crippen LogP contribution is -2.22. The van der Waals surface area contributed by atoms with E-state index in [0.717, 1.165) is 6.07 Å². The van der Waals surface area contributed by atoms with Gasteiger partial charge in [0, 0.05) is 30.0 Å². The predicted molar refractivity (Wildman–Crippen MR) is 63.0 cm³/mol. The number of hydrogen-bond acceptors (Lipinski definition) is 3. The van der Waals surface area contributed by atoms with Crippen LogP contribution in [0.5, 0.6) is 5.75 Å². The maximum atomic E-state index is 12.7. The summed E-state index contributed by atoms with van der Waals surface area (Å²) in [5.41, 5.74) is -3.78. The van der Waals surface area contributed by atoms with Crippen LogP contribution < -0.4 is 5.32 Å². The van der Waals surface area contributed by atoms with Gasteiger partial charge in [-0.2, -0.15) is 13.2 Å². The van der Waals surface area contributed by atoms with Crippen molar-refractivity contribution in [2.45, 2.75) is 18.5 Å². The van der Waals surface area contributed by atoms with Crippen LogP contribution in [0.4, 0.5) is 17.6 Å². The summed E-state index contributed by atoms with van der Waals surface area (Å²) >= 11 is -0.108. The smallest absolute Gasteiger partial charge is 0.441 e. The highest BCUT2D eigenvalue weighted by Gasteiger charge is 2.27. The minimum atomic E-state index is -4.23. The molecule has 0 aliphatic heterocycles. The predicted octanol–water partition coefficient (Wildman–Crippen LogP) is 3.43. The van der Waals surface area contributed by atoms with Crippen LogP contribution in [0.1, 0.15) is 18.5 Å². The standard InChI is InChI=1S/C11H13F4NOS/c1-7(16-4-5-18-11(13,14)15)9-3-2-8(12)6-10(9)17/h2-3,6-7,16-17H,4-5H2,1H3. The molecule has 0 bridgehead atoms. The summed E-state index contributed by atoms with van der Waals surface area (Å²) in [6.45, 7) is 1.83. The molecule has 7 heteroatoms. The van der Waals surface area contributed by atoms with Gasteiger partial charge in [0.25, 0.3) is 0 Å². The van der Waals surface area contributed by atoms with Crippen molar-refractivity contribution in [1.82, 2.24) is 5.32 Å². The van der Waals surface area contributed by atoms with Gasteiger partial charge in [0.1, 0.15) is 11.6 Å². The zero-order chi connectivity index (χ0) is 13.8. The molecule has 2 N–H and O–H groups in total. The van der Waals surface area contributed by atoms with Gasteiger partial charge in [-0.25, -0.2) is 4.39 Å². The highest BCUT2D eigenvalue weighted by Crippen LogP contribution is 2.30. The highest BCUT2D eigenvalue weighted by molar-refractivity contribution is 8.00. The number of rotatable bonds is 5. The summed E-state index contributed by atoms with van der Waals surface area (Å²) in [5, 5.41) is 12.3.